The molecule has 0 fully saturated rings. The molecule has 0 aromatic carbocycles. The number of nitrogens with one attached hydrogen (secondary N) is 1. The van der Waals surface area contributed by atoms with Crippen LogP contribution >= 0.6 is 27.3 Å². The Balaban J connectivity index is 2.24. The van der Waals surface area contributed by atoms with Crippen LogP contribution in [0.25, 0.3) is 0 Å². The van der Waals surface area contributed by atoms with Gasteiger partial charge in [0.05, 0.1) is 17.9 Å². The number of aromatic nitrogens is 2. The van der Waals surface area contributed by atoms with Gasteiger partial charge in [0.1, 0.15) is 4.47 Å². The minimum Gasteiger partial charge on any atom is -0.375 e. The molecule has 0 radical (unpaired) electrons. The van der Waals surface area contributed by atoms with Crippen molar-refractivity contribution in [3.8, 4) is 0 Å². The van der Waals surface area contributed by atoms with Crippen molar-refractivity contribution in [3.63, 3.8) is 0 Å². The zero-order chi connectivity index (χ0) is 14.0. The molecule has 102 valence electrons. The lowest BCUT2D eigenvalue weighted by Gasteiger charge is -2.15. The normalized spacial score (nSPS) is 12.4. The Morgan fingerprint density at radius 2 is 2.26 bits per heavy atom. The van der Waals surface area contributed by atoms with E-state index in [4.69, 9.17) is 0 Å². The van der Waals surface area contributed by atoms with Crippen LogP contribution in [0.4, 0.5) is 5.69 Å². The maximum atomic E-state index is 12.0. The van der Waals surface area contributed by atoms with Gasteiger partial charge in [-0.1, -0.05) is 0 Å². The molecule has 2 aromatic rings. The van der Waals surface area contributed by atoms with Gasteiger partial charge >= 0.3 is 0 Å². The van der Waals surface area contributed by atoms with Crippen LogP contribution in [-0.2, 0) is 6.54 Å². The lowest BCUT2D eigenvalue weighted by Crippen LogP contribution is -2.24. The molecule has 0 spiro atoms. The molecule has 1 unspecified atom stereocenters. The molecule has 1 N–H and O–H groups in total. The highest BCUT2D eigenvalue weighted by Crippen LogP contribution is 2.27. The zero-order valence-electron chi connectivity index (χ0n) is 11.1. The monoisotopic (exact) mass is 341 g/mol. The molecule has 0 aliphatic rings. The third-order valence-corrected chi connectivity index (χ3v) is 4.79. The summed E-state index contributed by atoms with van der Waals surface area (Å²) in [5, 5.41) is 7.44. The first-order valence-electron chi connectivity index (χ1n) is 6.11. The van der Waals surface area contributed by atoms with E-state index < -0.39 is 0 Å². The first-order chi connectivity index (χ1) is 9.02. The summed E-state index contributed by atoms with van der Waals surface area (Å²) < 4.78 is 1.96. The maximum absolute atomic E-state index is 12.0. The van der Waals surface area contributed by atoms with E-state index in [0.717, 1.165) is 5.69 Å². The summed E-state index contributed by atoms with van der Waals surface area (Å²) in [6.07, 6.45) is 1.69. The van der Waals surface area contributed by atoms with Crippen LogP contribution < -0.4 is 10.9 Å². The molecule has 0 amide bonds. The van der Waals surface area contributed by atoms with Gasteiger partial charge in [-0.3, -0.25) is 4.79 Å². The minimum absolute atomic E-state index is 0.109. The van der Waals surface area contributed by atoms with Crippen LogP contribution in [0.5, 0.6) is 0 Å². The smallest absolute Gasteiger partial charge is 0.283 e. The average Bonchev–Trinajstić information content (AvgIpc) is 2.82. The molecule has 0 aliphatic carbocycles. The highest BCUT2D eigenvalue weighted by atomic mass is 79.9. The van der Waals surface area contributed by atoms with Crippen LogP contribution in [0.2, 0.25) is 0 Å². The quantitative estimate of drug-likeness (QED) is 0.924. The van der Waals surface area contributed by atoms with E-state index in [2.05, 4.69) is 52.3 Å². The predicted octanol–water partition coefficient (Wildman–Crippen LogP) is 3.57. The number of hydrogen-bond donors (Lipinski definition) is 1. The molecule has 0 bridgehead atoms. The number of thiophene rings is 1. The number of rotatable bonds is 4. The number of anilines is 1. The largest absolute Gasteiger partial charge is 0.375 e. The van der Waals surface area contributed by atoms with E-state index in [1.807, 2.05) is 6.92 Å². The Kier molecular flexibility index (Phi) is 4.42. The summed E-state index contributed by atoms with van der Waals surface area (Å²) in [6.45, 7) is 6.62. The van der Waals surface area contributed by atoms with Crippen LogP contribution in [0.15, 0.2) is 27.6 Å². The van der Waals surface area contributed by atoms with Crippen molar-refractivity contribution in [3.05, 3.63) is 42.9 Å². The zero-order valence-corrected chi connectivity index (χ0v) is 13.5. The topological polar surface area (TPSA) is 46.9 Å². The molecule has 1 atom stereocenters. The van der Waals surface area contributed by atoms with Gasteiger partial charge < -0.3 is 5.32 Å². The summed E-state index contributed by atoms with van der Waals surface area (Å²) in [5.41, 5.74) is 0.621. The Bertz CT molecular complexity index is 635. The molecule has 19 heavy (non-hydrogen) atoms. The van der Waals surface area contributed by atoms with Crippen molar-refractivity contribution >= 4 is 33.0 Å². The van der Waals surface area contributed by atoms with Crippen molar-refractivity contribution < 1.29 is 0 Å². The number of aryl methyl sites for hydroxylation is 2. The summed E-state index contributed by atoms with van der Waals surface area (Å²) in [4.78, 5) is 14.5. The molecule has 0 saturated carbocycles. The lowest BCUT2D eigenvalue weighted by atomic mass is 10.2. The SMILES string of the molecule is CCn1ncc(NC(C)c2ccc(C)s2)c(Br)c1=O. The maximum Gasteiger partial charge on any atom is 0.283 e. The summed E-state index contributed by atoms with van der Waals surface area (Å²) >= 11 is 5.10. The highest BCUT2D eigenvalue weighted by Gasteiger charge is 2.12. The second-order valence-electron chi connectivity index (χ2n) is 4.31. The van der Waals surface area contributed by atoms with E-state index in [1.54, 1.807) is 17.5 Å². The Morgan fingerprint density at radius 1 is 1.53 bits per heavy atom. The van der Waals surface area contributed by atoms with Gasteiger partial charge in [0.2, 0.25) is 0 Å². The molecule has 2 aromatic heterocycles. The number of halogens is 1. The first kappa shape index (κ1) is 14.3. The molecule has 4 nitrogen and oxygen atoms in total. The standard InChI is InChI=1S/C13H16BrN3OS/c1-4-17-13(18)12(14)10(7-15-17)16-9(3)11-6-5-8(2)19-11/h5-7,9,16H,4H2,1-3H3. The third kappa shape index (κ3) is 3.06. The van der Waals surface area contributed by atoms with Crippen molar-refractivity contribution in [2.75, 3.05) is 5.32 Å². The van der Waals surface area contributed by atoms with Crippen molar-refractivity contribution in [1.29, 1.82) is 0 Å². The highest BCUT2D eigenvalue weighted by molar-refractivity contribution is 9.10. The summed E-state index contributed by atoms with van der Waals surface area (Å²) in [6, 6.07) is 4.35. The number of hydrogen-bond acceptors (Lipinski definition) is 4. The first-order valence-corrected chi connectivity index (χ1v) is 7.72. The van der Waals surface area contributed by atoms with Gasteiger partial charge in [0.25, 0.3) is 5.56 Å². The fraction of sp³-hybridized carbons (Fsp3) is 0.385. The van der Waals surface area contributed by atoms with Gasteiger partial charge in [-0.25, -0.2) is 4.68 Å². The molecule has 6 heteroatoms. The Morgan fingerprint density at radius 3 is 2.84 bits per heavy atom. The van der Waals surface area contributed by atoms with E-state index in [1.165, 1.54) is 14.4 Å². The summed E-state index contributed by atoms with van der Waals surface area (Å²) in [7, 11) is 0. The van der Waals surface area contributed by atoms with Crippen molar-refractivity contribution in [2.24, 2.45) is 0 Å². The van der Waals surface area contributed by atoms with Gasteiger partial charge in [-0.15, -0.1) is 11.3 Å². The van der Waals surface area contributed by atoms with E-state index >= 15 is 0 Å². The minimum atomic E-state index is -0.109. The summed E-state index contributed by atoms with van der Waals surface area (Å²) in [5.74, 6) is 0. The predicted molar refractivity (Wildman–Crippen MR) is 83.0 cm³/mol. The van der Waals surface area contributed by atoms with Gasteiger partial charge in [0.15, 0.2) is 0 Å². The second-order valence-corrected chi connectivity index (χ2v) is 6.42. The van der Waals surface area contributed by atoms with Crippen LogP contribution in [0.3, 0.4) is 0 Å². The number of nitrogens with zero attached hydrogens (tertiary/aromatic N) is 2. The molecule has 0 saturated heterocycles. The van der Waals surface area contributed by atoms with Gasteiger partial charge in [-0.2, -0.15) is 5.10 Å². The van der Waals surface area contributed by atoms with Crippen LogP contribution in [-0.4, -0.2) is 9.78 Å². The van der Waals surface area contributed by atoms with E-state index in [-0.39, 0.29) is 11.6 Å². The lowest BCUT2D eigenvalue weighted by molar-refractivity contribution is 0.612. The van der Waals surface area contributed by atoms with Gasteiger partial charge in [0, 0.05) is 16.3 Å². The molecule has 0 aliphatic heterocycles. The van der Waals surface area contributed by atoms with Crippen molar-refractivity contribution in [1.82, 2.24) is 9.78 Å². The third-order valence-electron chi connectivity index (χ3n) is 2.84. The van der Waals surface area contributed by atoms with Gasteiger partial charge in [-0.05, 0) is 48.8 Å². The fourth-order valence-electron chi connectivity index (χ4n) is 1.78. The van der Waals surface area contributed by atoms with E-state index in [9.17, 15) is 4.79 Å². The fourth-order valence-corrected chi connectivity index (χ4v) is 3.08. The average molecular weight is 342 g/mol. The Labute approximate surface area is 124 Å². The molecular weight excluding hydrogens is 326 g/mol. The molecule has 2 rings (SSSR count). The van der Waals surface area contributed by atoms with E-state index in [0.29, 0.717) is 11.0 Å². The Hall–Kier alpha value is -1.14. The van der Waals surface area contributed by atoms with Crippen LogP contribution in [0.1, 0.15) is 29.6 Å². The molecule has 2 heterocycles. The second kappa shape index (κ2) is 5.88. The van der Waals surface area contributed by atoms with Crippen molar-refractivity contribution in [2.45, 2.75) is 33.4 Å². The van der Waals surface area contributed by atoms with Crippen LogP contribution in [0, 0.1) is 6.92 Å². The molecular formula is C13H16BrN3OS.